The Hall–Kier alpha value is -1.53. The van der Waals surface area contributed by atoms with Crippen LogP contribution in [0.25, 0.3) is 0 Å². The molecule has 106 valence electrons. The number of benzene rings is 2. The van der Waals surface area contributed by atoms with E-state index >= 15 is 0 Å². The summed E-state index contributed by atoms with van der Waals surface area (Å²) in [6.07, 6.45) is 0.236. The zero-order valence-corrected chi connectivity index (χ0v) is 11.9. The molecule has 0 atom stereocenters. The molecule has 0 aromatic heterocycles. The van der Waals surface area contributed by atoms with E-state index in [1.807, 2.05) is 0 Å². The van der Waals surface area contributed by atoms with Crippen LogP contribution < -0.4 is 10.5 Å². The normalized spacial score (nSPS) is 10.7. The highest BCUT2D eigenvalue weighted by Gasteiger charge is 2.15. The largest absolute Gasteiger partial charge is 0.454 e. The zero-order chi connectivity index (χ0) is 14.7. The Labute approximate surface area is 122 Å². The lowest BCUT2D eigenvalue weighted by atomic mass is 10.1. The molecule has 0 saturated heterocycles. The van der Waals surface area contributed by atoms with E-state index in [0.29, 0.717) is 4.47 Å². The van der Waals surface area contributed by atoms with Crippen molar-refractivity contribution in [1.29, 1.82) is 0 Å². The Morgan fingerprint density at radius 2 is 1.80 bits per heavy atom. The van der Waals surface area contributed by atoms with Crippen LogP contribution in [-0.2, 0) is 6.42 Å². The highest BCUT2D eigenvalue weighted by Crippen LogP contribution is 2.32. The van der Waals surface area contributed by atoms with Crippen LogP contribution in [0.4, 0.5) is 13.2 Å². The first-order chi connectivity index (χ1) is 9.52. The monoisotopic (exact) mass is 345 g/mol. The van der Waals surface area contributed by atoms with Crippen molar-refractivity contribution in [3.05, 3.63) is 57.8 Å². The molecule has 2 N–H and O–H groups in total. The van der Waals surface area contributed by atoms with Gasteiger partial charge in [0.25, 0.3) is 0 Å². The molecular weight excluding hydrogens is 335 g/mol. The van der Waals surface area contributed by atoms with Crippen molar-refractivity contribution in [2.75, 3.05) is 6.54 Å². The van der Waals surface area contributed by atoms with Crippen molar-refractivity contribution < 1.29 is 17.9 Å². The summed E-state index contributed by atoms with van der Waals surface area (Å²) in [5.41, 5.74) is 5.64. The predicted molar refractivity (Wildman–Crippen MR) is 73.3 cm³/mol. The van der Waals surface area contributed by atoms with Gasteiger partial charge in [-0.2, -0.15) is 4.39 Å². The molecule has 0 aliphatic heterocycles. The molecule has 0 bridgehead atoms. The summed E-state index contributed by atoms with van der Waals surface area (Å²) in [4.78, 5) is 0. The van der Waals surface area contributed by atoms with Crippen LogP contribution in [0.15, 0.2) is 34.8 Å². The van der Waals surface area contributed by atoms with Gasteiger partial charge in [0.05, 0.1) is 0 Å². The molecule has 0 radical (unpaired) electrons. The van der Waals surface area contributed by atoms with E-state index in [1.54, 1.807) is 0 Å². The fourth-order valence-electron chi connectivity index (χ4n) is 1.75. The third kappa shape index (κ3) is 3.13. The van der Waals surface area contributed by atoms with Gasteiger partial charge in [0.15, 0.2) is 11.6 Å². The summed E-state index contributed by atoms with van der Waals surface area (Å²) < 4.78 is 46.2. The third-order valence-electron chi connectivity index (χ3n) is 2.65. The third-order valence-corrected chi connectivity index (χ3v) is 3.11. The molecule has 0 aliphatic rings. The molecule has 0 amide bonds. The first kappa shape index (κ1) is 14.9. The number of nitrogens with two attached hydrogens (primary N) is 1. The van der Waals surface area contributed by atoms with Crippen LogP contribution in [0.1, 0.15) is 5.56 Å². The van der Waals surface area contributed by atoms with Gasteiger partial charge in [0.2, 0.25) is 5.82 Å². The Balaban J connectivity index is 2.42. The number of rotatable bonds is 4. The average Bonchev–Trinajstić information content (AvgIpc) is 2.39. The number of hydrogen-bond donors (Lipinski definition) is 1. The number of halogens is 4. The molecule has 2 aromatic carbocycles. The molecular formula is C14H11BrF3NO. The standard InChI is InChI=1S/C14H11BrF3NO/c15-8-6-11(17)14(18)13(7-8)20-12-3-1-2-10(16)9(12)4-5-19/h1-3,6-7H,4-5,19H2. The lowest BCUT2D eigenvalue weighted by Crippen LogP contribution is -2.06. The number of hydrogen-bond acceptors (Lipinski definition) is 2. The van der Waals surface area contributed by atoms with E-state index in [4.69, 9.17) is 10.5 Å². The van der Waals surface area contributed by atoms with E-state index in [1.165, 1.54) is 24.3 Å². The smallest absolute Gasteiger partial charge is 0.201 e. The highest BCUT2D eigenvalue weighted by atomic mass is 79.9. The second-order valence-electron chi connectivity index (χ2n) is 4.06. The van der Waals surface area contributed by atoms with Crippen LogP contribution in [-0.4, -0.2) is 6.54 Å². The minimum Gasteiger partial charge on any atom is -0.454 e. The van der Waals surface area contributed by atoms with E-state index < -0.39 is 17.5 Å². The SMILES string of the molecule is NCCc1c(F)cccc1Oc1cc(Br)cc(F)c1F. The summed E-state index contributed by atoms with van der Waals surface area (Å²) in [5.74, 6) is -2.88. The zero-order valence-electron chi connectivity index (χ0n) is 10.3. The molecule has 0 unspecified atom stereocenters. The second-order valence-corrected chi connectivity index (χ2v) is 4.97. The first-order valence-electron chi connectivity index (χ1n) is 5.82. The topological polar surface area (TPSA) is 35.2 Å². The highest BCUT2D eigenvalue weighted by molar-refractivity contribution is 9.10. The van der Waals surface area contributed by atoms with Crippen molar-refractivity contribution in [3.8, 4) is 11.5 Å². The molecule has 0 aliphatic carbocycles. The van der Waals surface area contributed by atoms with Gasteiger partial charge in [-0.3, -0.25) is 0 Å². The van der Waals surface area contributed by atoms with Gasteiger partial charge >= 0.3 is 0 Å². The summed E-state index contributed by atoms with van der Waals surface area (Å²) >= 11 is 3.04. The molecule has 0 fully saturated rings. The van der Waals surface area contributed by atoms with E-state index in [-0.39, 0.29) is 30.0 Å². The fraction of sp³-hybridized carbons (Fsp3) is 0.143. The van der Waals surface area contributed by atoms with Gasteiger partial charge in [-0.1, -0.05) is 22.0 Å². The van der Waals surface area contributed by atoms with Crippen molar-refractivity contribution in [2.45, 2.75) is 6.42 Å². The van der Waals surface area contributed by atoms with Crippen LogP contribution in [0.2, 0.25) is 0 Å². The first-order valence-corrected chi connectivity index (χ1v) is 6.62. The Bertz CT molecular complexity index is 634. The molecule has 2 nitrogen and oxygen atoms in total. The fourth-order valence-corrected chi connectivity index (χ4v) is 2.16. The van der Waals surface area contributed by atoms with E-state index in [2.05, 4.69) is 15.9 Å². The van der Waals surface area contributed by atoms with Gasteiger partial charge < -0.3 is 10.5 Å². The maximum atomic E-state index is 13.7. The number of ether oxygens (including phenoxy) is 1. The van der Waals surface area contributed by atoms with Gasteiger partial charge in [-0.05, 0) is 37.2 Å². The molecule has 6 heteroatoms. The van der Waals surface area contributed by atoms with Gasteiger partial charge in [0, 0.05) is 10.0 Å². The molecule has 0 spiro atoms. The molecule has 2 rings (SSSR count). The Morgan fingerprint density at radius 3 is 2.50 bits per heavy atom. The minimum atomic E-state index is -1.13. The maximum absolute atomic E-state index is 13.7. The molecule has 0 heterocycles. The second kappa shape index (κ2) is 6.28. The summed E-state index contributed by atoms with van der Waals surface area (Å²) in [5, 5.41) is 0. The molecule has 2 aromatic rings. The Kier molecular flexibility index (Phi) is 4.67. The van der Waals surface area contributed by atoms with Crippen LogP contribution in [0.3, 0.4) is 0 Å². The van der Waals surface area contributed by atoms with E-state index in [0.717, 1.165) is 6.07 Å². The predicted octanol–water partition coefficient (Wildman–Crippen LogP) is 4.16. The van der Waals surface area contributed by atoms with Crippen molar-refractivity contribution in [3.63, 3.8) is 0 Å². The van der Waals surface area contributed by atoms with Crippen LogP contribution >= 0.6 is 15.9 Å². The average molecular weight is 346 g/mol. The van der Waals surface area contributed by atoms with Crippen molar-refractivity contribution >= 4 is 15.9 Å². The van der Waals surface area contributed by atoms with Crippen LogP contribution in [0.5, 0.6) is 11.5 Å². The van der Waals surface area contributed by atoms with Crippen molar-refractivity contribution in [2.24, 2.45) is 5.73 Å². The maximum Gasteiger partial charge on any atom is 0.201 e. The van der Waals surface area contributed by atoms with Crippen LogP contribution in [0, 0.1) is 17.5 Å². The summed E-state index contributed by atoms with van der Waals surface area (Å²) in [6, 6.07) is 6.42. The molecule has 0 saturated carbocycles. The summed E-state index contributed by atoms with van der Waals surface area (Å²) in [6.45, 7) is 0.215. The van der Waals surface area contributed by atoms with Gasteiger partial charge in [-0.25, -0.2) is 8.78 Å². The lowest BCUT2D eigenvalue weighted by Gasteiger charge is -2.12. The molecule has 20 heavy (non-hydrogen) atoms. The van der Waals surface area contributed by atoms with E-state index in [9.17, 15) is 13.2 Å². The Morgan fingerprint density at radius 1 is 1.05 bits per heavy atom. The van der Waals surface area contributed by atoms with Gasteiger partial charge in [0.1, 0.15) is 11.6 Å². The minimum absolute atomic E-state index is 0.117. The van der Waals surface area contributed by atoms with Gasteiger partial charge in [-0.15, -0.1) is 0 Å². The van der Waals surface area contributed by atoms with Crippen molar-refractivity contribution in [1.82, 2.24) is 0 Å². The lowest BCUT2D eigenvalue weighted by molar-refractivity contribution is 0.409. The quantitative estimate of drug-likeness (QED) is 0.844. The summed E-state index contributed by atoms with van der Waals surface area (Å²) in [7, 11) is 0.